The Labute approximate surface area is 226 Å². The molecule has 0 aliphatic carbocycles. The highest BCUT2D eigenvalue weighted by Gasteiger charge is 2.17. The first kappa shape index (κ1) is 31.9. The lowest BCUT2D eigenvalue weighted by atomic mass is 9.95. The zero-order chi connectivity index (χ0) is 27.8. The topological polar surface area (TPSA) is 105 Å². The number of nitrogens with zero attached hydrogens (tertiary/aromatic N) is 1. The van der Waals surface area contributed by atoms with Crippen LogP contribution in [0.2, 0.25) is 0 Å². The molecule has 0 saturated heterocycles. The van der Waals surface area contributed by atoms with Crippen LogP contribution < -0.4 is 11.1 Å². The number of unbranched alkanes of at least 4 members (excludes halogenated alkanes) is 1. The third-order valence-corrected chi connectivity index (χ3v) is 6.36. The summed E-state index contributed by atoms with van der Waals surface area (Å²) in [5.41, 5.74) is 8.94. The molecule has 1 heterocycles. The van der Waals surface area contributed by atoms with E-state index in [-0.39, 0.29) is 17.2 Å². The van der Waals surface area contributed by atoms with Gasteiger partial charge in [0, 0.05) is 24.2 Å². The van der Waals surface area contributed by atoms with Crippen LogP contribution in [0.3, 0.4) is 0 Å². The molecule has 7 heteroatoms. The van der Waals surface area contributed by atoms with E-state index in [0.29, 0.717) is 18.4 Å². The number of benzene rings is 2. The van der Waals surface area contributed by atoms with Crippen LogP contribution in [-0.4, -0.2) is 30.8 Å². The van der Waals surface area contributed by atoms with Crippen molar-refractivity contribution in [3.8, 4) is 17.2 Å². The number of allylic oxidation sites excluding steroid dienone is 2. The van der Waals surface area contributed by atoms with Gasteiger partial charge in [0.15, 0.2) is 0 Å². The number of hydrogen-bond donors (Lipinski definition) is 2. The van der Waals surface area contributed by atoms with Gasteiger partial charge in [0.2, 0.25) is 11.8 Å². The first-order valence-electron chi connectivity index (χ1n) is 12.7. The average Bonchev–Trinajstić information content (AvgIpc) is 3.07. The number of rotatable bonds is 7. The van der Waals surface area contributed by atoms with Crippen molar-refractivity contribution in [2.75, 3.05) is 18.2 Å². The van der Waals surface area contributed by atoms with Gasteiger partial charge in [0.1, 0.15) is 6.10 Å². The van der Waals surface area contributed by atoms with Crippen molar-refractivity contribution in [1.29, 1.82) is 5.26 Å². The number of anilines is 1. The molecule has 37 heavy (non-hydrogen) atoms. The van der Waals surface area contributed by atoms with Crippen molar-refractivity contribution in [1.82, 2.24) is 0 Å². The minimum absolute atomic E-state index is 0.0548. The summed E-state index contributed by atoms with van der Waals surface area (Å²) in [5.74, 6) is 0.449. The van der Waals surface area contributed by atoms with Crippen LogP contribution in [0.5, 0.6) is 0 Å². The zero-order valence-corrected chi connectivity index (χ0v) is 23.8. The number of nitrogens with two attached hydrogens (primary N) is 1. The first-order valence-corrected chi connectivity index (χ1v) is 13.7. The lowest BCUT2D eigenvalue weighted by molar-refractivity contribution is -0.128. The van der Waals surface area contributed by atoms with Crippen LogP contribution >= 0.6 is 11.8 Å². The van der Waals surface area contributed by atoms with Crippen molar-refractivity contribution in [2.24, 2.45) is 11.1 Å². The highest BCUT2D eigenvalue weighted by atomic mass is 32.2. The number of amides is 2. The van der Waals surface area contributed by atoms with Gasteiger partial charge in [-0.3, -0.25) is 9.59 Å². The molecule has 0 fully saturated rings. The number of primary amides is 1. The molecule has 0 saturated carbocycles. The van der Waals surface area contributed by atoms with Gasteiger partial charge in [-0.05, 0) is 54.0 Å². The fraction of sp³-hybridized carbons (Fsp3) is 0.433. The van der Waals surface area contributed by atoms with Crippen LogP contribution in [-0.2, 0) is 14.3 Å². The summed E-state index contributed by atoms with van der Waals surface area (Å²) >= 11 is 1.68. The predicted molar refractivity (Wildman–Crippen MR) is 154 cm³/mol. The number of thioether (sulfide) groups is 1. The normalized spacial score (nSPS) is 13.5. The average molecular weight is 524 g/mol. The minimum Gasteiger partial charge on any atom is -0.372 e. The van der Waals surface area contributed by atoms with Crippen molar-refractivity contribution in [3.05, 3.63) is 60.2 Å². The van der Waals surface area contributed by atoms with Gasteiger partial charge in [-0.15, -0.1) is 11.8 Å². The Morgan fingerprint density at radius 1 is 1.24 bits per heavy atom. The number of carbonyl (C=O) groups excluding carboxylic acids is 2. The Kier molecular flexibility index (Phi) is 14.4. The number of ether oxygens (including phenoxy) is 1. The Bertz CT molecular complexity index is 1080. The number of nitrogens with one attached hydrogen (secondary N) is 1. The molecule has 1 unspecified atom stereocenters. The number of hydrogen-bond acceptors (Lipinski definition) is 5. The number of carbonyl (C=O) groups is 2. The summed E-state index contributed by atoms with van der Waals surface area (Å²) in [7, 11) is 1.51. The maximum atomic E-state index is 11.6. The summed E-state index contributed by atoms with van der Waals surface area (Å²) in [6.45, 7) is 10.5. The van der Waals surface area contributed by atoms with Gasteiger partial charge < -0.3 is 15.8 Å². The van der Waals surface area contributed by atoms with E-state index in [2.05, 4.69) is 44.3 Å². The molecule has 0 aromatic heterocycles. The molecular weight excluding hydrogens is 482 g/mol. The van der Waals surface area contributed by atoms with E-state index in [1.807, 2.05) is 50.2 Å². The summed E-state index contributed by atoms with van der Waals surface area (Å²) in [5, 5.41) is 12.0. The lowest BCUT2D eigenvalue weighted by Crippen LogP contribution is -2.29. The molecule has 1 aliphatic rings. The second kappa shape index (κ2) is 16.6. The highest BCUT2D eigenvalue weighted by Crippen LogP contribution is 2.39. The van der Waals surface area contributed by atoms with Gasteiger partial charge in [-0.1, -0.05) is 71.0 Å². The van der Waals surface area contributed by atoms with E-state index in [1.54, 1.807) is 17.8 Å². The Hall–Kier alpha value is -3.08. The summed E-state index contributed by atoms with van der Waals surface area (Å²) in [4.78, 5) is 23.5. The summed E-state index contributed by atoms with van der Waals surface area (Å²) < 4.78 is 4.96. The zero-order valence-electron chi connectivity index (χ0n) is 23.0. The summed E-state index contributed by atoms with van der Waals surface area (Å²) in [6.07, 6.45) is 7.00. The van der Waals surface area contributed by atoms with Gasteiger partial charge in [0.25, 0.3) is 0 Å². The maximum absolute atomic E-state index is 11.6. The Balaban J connectivity index is 0.000000362. The van der Waals surface area contributed by atoms with Gasteiger partial charge in [-0.2, -0.15) is 5.26 Å². The number of methoxy groups -OCH3 is 1. The quantitative estimate of drug-likeness (QED) is 0.302. The molecule has 3 N–H and O–H groups in total. The molecule has 1 aliphatic heterocycles. The Morgan fingerprint density at radius 3 is 2.57 bits per heavy atom. The van der Waals surface area contributed by atoms with Crippen molar-refractivity contribution in [3.63, 3.8) is 0 Å². The Morgan fingerprint density at radius 2 is 1.95 bits per heavy atom. The molecule has 2 aromatic rings. The van der Waals surface area contributed by atoms with E-state index >= 15 is 0 Å². The molecule has 0 bridgehead atoms. The van der Waals surface area contributed by atoms with Crippen LogP contribution in [0.1, 0.15) is 65.9 Å². The van der Waals surface area contributed by atoms with E-state index in [1.165, 1.54) is 7.11 Å². The fourth-order valence-electron chi connectivity index (χ4n) is 3.47. The number of nitriles is 1. The van der Waals surface area contributed by atoms with Crippen LogP contribution in [0.25, 0.3) is 11.1 Å². The largest absolute Gasteiger partial charge is 0.372 e. The van der Waals surface area contributed by atoms with E-state index in [9.17, 15) is 9.59 Å². The fourth-order valence-corrected chi connectivity index (χ4v) is 4.57. The third kappa shape index (κ3) is 11.7. The lowest BCUT2D eigenvalue weighted by Gasteiger charge is -2.12. The maximum Gasteiger partial charge on any atom is 0.246 e. The van der Waals surface area contributed by atoms with Crippen LogP contribution in [0.4, 0.5) is 5.69 Å². The predicted octanol–water partition coefficient (Wildman–Crippen LogP) is 6.95. The van der Waals surface area contributed by atoms with Crippen molar-refractivity contribution in [2.45, 2.75) is 71.3 Å². The van der Waals surface area contributed by atoms with Gasteiger partial charge >= 0.3 is 0 Å². The monoisotopic (exact) mass is 523 g/mol. The highest BCUT2D eigenvalue weighted by molar-refractivity contribution is 7.99. The first-order chi connectivity index (χ1) is 17.6. The van der Waals surface area contributed by atoms with Gasteiger partial charge in [-0.25, -0.2) is 0 Å². The molecule has 0 radical (unpaired) electrons. The molecule has 2 amide bonds. The van der Waals surface area contributed by atoms with Gasteiger partial charge in [0.05, 0.1) is 17.3 Å². The SMILES string of the molecule is CC.COC(CCC/C=C/C(C)(C)C)C(N)=O.N#Cc1cccc(-c2cccc3c2SCCC(=O)N3)c1. The van der Waals surface area contributed by atoms with E-state index < -0.39 is 6.10 Å². The number of fused-ring (bicyclic) bond motifs is 1. The standard InChI is InChI=1S/C16H12N2OS.C12H23NO2.C2H6/c17-10-11-3-1-4-12(9-11)13-5-2-6-14-16(13)20-8-7-15(19)18-14;1-12(2,3)9-7-5-6-8-10(15-4)11(13)14;1-2/h1-6,9H,7-8H2,(H,18,19);7,9-10H,5-6,8H2,1-4H3,(H2,13,14);1-2H3/b;9-7+;. The molecule has 2 aromatic carbocycles. The third-order valence-electron chi connectivity index (χ3n) is 5.22. The van der Waals surface area contributed by atoms with E-state index in [4.69, 9.17) is 15.7 Å². The van der Waals surface area contributed by atoms with Crippen molar-refractivity contribution < 1.29 is 14.3 Å². The van der Waals surface area contributed by atoms with E-state index in [0.717, 1.165) is 40.3 Å². The smallest absolute Gasteiger partial charge is 0.246 e. The second-order valence-corrected chi connectivity index (χ2v) is 10.5. The molecule has 200 valence electrons. The molecule has 1 atom stereocenters. The molecule has 0 spiro atoms. The molecule has 6 nitrogen and oxygen atoms in total. The minimum atomic E-state index is -0.437. The second-order valence-electron chi connectivity index (χ2n) is 9.35. The van der Waals surface area contributed by atoms with Crippen molar-refractivity contribution >= 4 is 29.3 Å². The molecular formula is C30H41N3O3S. The molecule has 3 rings (SSSR count). The van der Waals surface area contributed by atoms with Crippen LogP contribution in [0.15, 0.2) is 59.5 Å². The summed E-state index contributed by atoms with van der Waals surface area (Å²) in [6, 6.07) is 15.6. The van der Waals surface area contributed by atoms with Crippen LogP contribution in [0, 0.1) is 16.7 Å².